The van der Waals surface area contributed by atoms with E-state index in [1.54, 1.807) is 12.1 Å². The molecule has 2 aromatic carbocycles. The van der Waals surface area contributed by atoms with Crippen LogP contribution in [0.4, 0.5) is 0 Å². The lowest BCUT2D eigenvalue weighted by molar-refractivity contribution is -0.142. The van der Waals surface area contributed by atoms with Crippen molar-refractivity contribution in [3.63, 3.8) is 0 Å². The summed E-state index contributed by atoms with van der Waals surface area (Å²) in [4.78, 5) is 24.3. The smallest absolute Gasteiger partial charge is 0.326 e. The number of amides is 1. The SMILES string of the molecule is O=C(NC(C(=O)O)C1CCCOC1)c1cc(-c2ccccc2)ccc1Cl. The fourth-order valence-corrected chi connectivity index (χ4v) is 3.34. The minimum Gasteiger partial charge on any atom is -0.480 e. The van der Waals surface area contributed by atoms with Crippen molar-refractivity contribution in [3.8, 4) is 11.1 Å². The van der Waals surface area contributed by atoms with Crippen molar-refractivity contribution < 1.29 is 19.4 Å². The van der Waals surface area contributed by atoms with Gasteiger partial charge in [-0.3, -0.25) is 4.79 Å². The van der Waals surface area contributed by atoms with Gasteiger partial charge < -0.3 is 15.2 Å². The molecule has 2 unspecified atom stereocenters. The van der Waals surface area contributed by atoms with Crippen LogP contribution in [-0.4, -0.2) is 36.2 Å². The summed E-state index contributed by atoms with van der Waals surface area (Å²) < 4.78 is 5.36. The maximum absolute atomic E-state index is 12.7. The summed E-state index contributed by atoms with van der Waals surface area (Å²) in [7, 11) is 0. The van der Waals surface area contributed by atoms with Gasteiger partial charge in [-0.15, -0.1) is 0 Å². The number of hydrogen-bond donors (Lipinski definition) is 2. The zero-order valence-corrected chi connectivity index (χ0v) is 14.9. The topological polar surface area (TPSA) is 75.6 Å². The molecule has 136 valence electrons. The summed E-state index contributed by atoms with van der Waals surface area (Å²) in [5.74, 6) is -1.81. The van der Waals surface area contributed by atoms with Crippen LogP contribution in [0.1, 0.15) is 23.2 Å². The number of nitrogens with one attached hydrogen (secondary N) is 1. The normalized spacial score (nSPS) is 18.1. The fourth-order valence-electron chi connectivity index (χ4n) is 3.14. The number of carbonyl (C=O) groups excluding carboxylic acids is 1. The summed E-state index contributed by atoms with van der Waals surface area (Å²) in [6.07, 6.45) is 1.49. The minimum absolute atomic E-state index is 0.249. The summed E-state index contributed by atoms with van der Waals surface area (Å²) in [5, 5.41) is 12.4. The number of carboxylic acid groups (broad SMARTS) is 1. The lowest BCUT2D eigenvalue weighted by Crippen LogP contribution is -2.48. The highest BCUT2D eigenvalue weighted by Gasteiger charge is 2.32. The third kappa shape index (κ3) is 4.23. The van der Waals surface area contributed by atoms with Gasteiger partial charge in [0.25, 0.3) is 5.91 Å². The molecule has 1 aliphatic rings. The van der Waals surface area contributed by atoms with Gasteiger partial charge in [-0.05, 0) is 36.1 Å². The zero-order valence-electron chi connectivity index (χ0n) is 14.2. The average molecular weight is 374 g/mol. The number of benzene rings is 2. The highest BCUT2D eigenvalue weighted by Crippen LogP contribution is 2.26. The molecule has 2 aromatic rings. The van der Waals surface area contributed by atoms with Crippen LogP contribution < -0.4 is 5.32 Å². The molecular formula is C20H20ClNO4. The molecule has 2 N–H and O–H groups in total. The predicted octanol–water partition coefficient (Wildman–Crippen LogP) is 3.62. The van der Waals surface area contributed by atoms with Crippen molar-refractivity contribution in [1.82, 2.24) is 5.32 Å². The molecule has 1 saturated heterocycles. The Hall–Kier alpha value is -2.37. The zero-order chi connectivity index (χ0) is 18.5. The quantitative estimate of drug-likeness (QED) is 0.839. The number of rotatable bonds is 5. The average Bonchev–Trinajstić information content (AvgIpc) is 2.67. The van der Waals surface area contributed by atoms with Crippen molar-refractivity contribution in [2.24, 2.45) is 5.92 Å². The Morgan fingerprint density at radius 3 is 2.58 bits per heavy atom. The lowest BCUT2D eigenvalue weighted by atomic mass is 9.93. The number of aliphatic carboxylic acids is 1. The second-order valence-electron chi connectivity index (χ2n) is 6.33. The van der Waals surface area contributed by atoms with Crippen molar-refractivity contribution in [3.05, 3.63) is 59.1 Å². The van der Waals surface area contributed by atoms with E-state index >= 15 is 0 Å². The number of halogens is 1. The monoisotopic (exact) mass is 373 g/mol. The molecule has 0 radical (unpaired) electrons. The van der Waals surface area contributed by atoms with E-state index in [-0.39, 0.29) is 16.5 Å². The second-order valence-corrected chi connectivity index (χ2v) is 6.73. The number of hydrogen-bond acceptors (Lipinski definition) is 3. The number of ether oxygens (including phenoxy) is 1. The molecule has 3 rings (SSSR count). The standard InChI is InChI=1S/C20H20ClNO4/c21-17-9-8-14(13-5-2-1-3-6-13)11-16(17)19(23)22-18(20(24)25)15-7-4-10-26-12-15/h1-3,5-6,8-9,11,15,18H,4,7,10,12H2,(H,22,23)(H,24,25). The Kier molecular flexibility index (Phi) is 5.91. The Morgan fingerprint density at radius 1 is 1.15 bits per heavy atom. The van der Waals surface area contributed by atoms with E-state index in [4.69, 9.17) is 16.3 Å². The molecular weight excluding hydrogens is 354 g/mol. The van der Waals surface area contributed by atoms with E-state index in [1.165, 1.54) is 0 Å². The van der Waals surface area contributed by atoms with E-state index < -0.39 is 17.9 Å². The molecule has 1 heterocycles. The van der Waals surface area contributed by atoms with Gasteiger partial charge in [0.05, 0.1) is 17.2 Å². The Labute approximate surface area is 156 Å². The maximum Gasteiger partial charge on any atom is 0.326 e. The third-order valence-corrected chi connectivity index (χ3v) is 4.87. The Bertz CT molecular complexity index is 788. The first kappa shape index (κ1) is 18.4. The predicted molar refractivity (Wildman–Crippen MR) is 99.3 cm³/mol. The van der Waals surface area contributed by atoms with Gasteiger partial charge in [0, 0.05) is 12.5 Å². The van der Waals surface area contributed by atoms with Crippen LogP contribution in [-0.2, 0) is 9.53 Å². The van der Waals surface area contributed by atoms with E-state index in [0.717, 1.165) is 17.5 Å². The van der Waals surface area contributed by atoms with Crippen LogP contribution in [0.25, 0.3) is 11.1 Å². The molecule has 0 aliphatic carbocycles. The van der Waals surface area contributed by atoms with Crippen molar-refractivity contribution in [1.29, 1.82) is 0 Å². The Balaban J connectivity index is 1.83. The molecule has 1 amide bonds. The van der Waals surface area contributed by atoms with Crippen molar-refractivity contribution in [2.45, 2.75) is 18.9 Å². The van der Waals surface area contributed by atoms with Gasteiger partial charge in [0.15, 0.2) is 0 Å². The van der Waals surface area contributed by atoms with E-state index in [0.29, 0.717) is 19.6 Å². The van der Waals surface area contributed by atoms with Crippen LogP contribution >= 0.6 is 11.6 Å². The Morgan fingerprint density at radius 2 is 1.92 bits per heavy atom. The first-order chi connectivity index (χ1) is 12.6. The van der Waals surface area contributed by atoms with Crippen molar-refractivity contribution in [2.75, 3.05) is 13.2 Å². The van der Waals surface area contributed by atoms with Gasteiger partial charge in [-0.1, -0.05) is 48.0 Å². The molecule has 1 aliphatic heterocycles. The molecule has 5 nitrogen and oxygen atoms in total. The molecule has 1 fully saturated rings. The molecule has 2 atom stereocenters. The molecule has 0 spiro atoms. The lowest BCUT2D eigenvalue weighted by Gasteiger charge is -2.28. The number of carboxylic acids is 1. The molecule has 0 bridgehead atoms. The van der Waals surface area contributed by atoms with Crippen LogP contribution in [0.3, 0.4) is 0 Å². The molecule has 0 aromatic heterocycles. The van der Waals surface area contributed by atoms with Crippen LogP contribution in [0, 0.1) is 5.92 Å². The first-order valence-corrected chi connectivity index (χ1v) is 8.90. The van der Waals surface area contributed by atoms with Gasteiger partial charge in [0.1, 0.15) is 6.04 Å². The summed E-state index contributed by atoms with van der Waals surface area (Å²) >= 11 is 6.19. The van der Waals surface area contributed by atoms with Crippen LogP contribution in [0.5, 0.6) is 0 Å². The van der Waals surface area contributed by atoms with Gasteiger partial charge in [-0.25, -0.2) is 4.79 Å². The maximum atomic E-state index is 12.7. The highest BCUT2D eigenvalue weighted by atomic mass is 35.5. The van der Waals surface area contributed by atoms with Crippen LogP contribution in [0.2, 0.25) is 5.02 Å². The van der Waals surface area contributed by atoms with Gasteiger partial charge >= 0.3 is 5.97 Å². The van der Waals surface area contributed by atoms with E-state index in [9.17, 15) is 14.7 Å². The fraction of sp³-hybridized carbons (Fsp3) is 0.300. The van der Waals surface area contributed by atoms with E-state index in [2.05, 4.69) is 5.32 Å². The van der Waals surface area contributed by atoms with Crippen molar-refractivity contribution >= 4 is 23.5 Å². The molecule has 26 heavy (non-hydrogen) atoms. The highest BCUT2D eigenvalue weighted by molar-refractivity contribution is 6.34. The second kappa shape index (κ2) is 8.34. The van der Waals surface area contributed by atoms with Gasteiger partial charge in [-0.2, -0.15) is 0 Å². The number of carbonyl (C=O) groups is 2. The molecule has 0 saturated carbocycles. The summed E-state index contributed by atoms with van der Waals surface area (Å²) in [6.45, 7) is 0.955. The first-order valence-electron chi connectivity index (χ1n) is 8.52. The molecule has 6 heteroatoms. The summed E-state index contributed by atoms with van der Waals surface area (Å²) in [5.41, 5.74) is 2.05. The summed E-state index contributed by atoms with van der Waals surface area (Å²) in [6, 6.07) is 13.8. The van der Waals surface area contributed by atoms with Crippen LogP contribution in [0.15, 0.2) is 48.5 Å². The van der Waals surface area contributed by atoms with E-state index in [1.807, 2.05) is 36.4 Å². The van der Waals surface area contributed by atoms with Gasteiger partial charge in [0.2, 0.25) is 0 Å². The largest absolute Gasteiger partial charge is 0.480 e. The minimum atomic E-state index is -1.07. The third-order valence-electron chi connectivity index (χ3n) is 4.54.